The second kappa shape index (κ2) is 22.0. The minimum atomic E-state index is -1.23. The predicted molar refractivity (Wildman–Crippen MR) is 334 cm³/mol. The number of aliphatic carboxylic acids is 1. The van der Waals surface area contributed by atoms with Crippen LogP contribution in [0.5, 0.6) is 0 Å². The SMILES string of the molecule is CC(=O)C12CCC(CC(=O)[C@H]3[C@H](c4cccc(Cl)c4F)[C@]4(C(=O)Nc5cc(Cl)ccc54)C4(CCCCC4)N3C)(CC1)CC2.CCN1[C@@H](C(=O)CC23CCC(C(=O)O)(CC2)CC3)[C@H](c2cccc(Cl)c2F)[C@]2(C(=O)Nc3cc(Cl)ccc32)C12CCCCC2. The van der Waals surface area contributed by atoms with Gasteiger partial charge in [-0.3, -0.25) is 38.6 Å². The van der Waals surface area contributed by atoms with Gasteiger partial charge in [0.15, 0.2) is 11.6 Å². The zero-order chi connectivity index (χ0) is 61.4. The number of carbonyl (C=O) groups excluding carboxylic acids is 5. The summed E-state index contributed by atoms with van der Waals surface area (Å²) in [6.07, 6.45) is 18.1. The largest absolute Gasteiger partial charge is 0.481 e. The summed E-state index contributed by atoms with van der Waals surface area (Å²) in [5, 5.41) is 17.2. The number of hydrogen-bond donors (Lipinski definition) is 3. The van der Waals surface area contributed by atoms with Crippen molar-refractivity contribution in [1.29, 1.82) is 0 Å². The third-order valence-electron chi connectivity index (χ3n) is 25.1. The quantitative estimate of drug-likeness (QED) is 0.133. The van der Waals surface area contributed by atoms with Gasteiger partial charge in [-0.15, -0.1) is 0 Å². The first kappa shape index (κ1) is 61.1. The maximum Gasteiger partial charge on any atom is 0.309 e. The van der Waals surface area contributed by atoms with Crippen LogP contribution in [0.25, 0.3) is 0 Å². The molecule has 3 N–H and O–H groups in total. The van der Waals surface area contributed by atoms with Gasteiger partial charge in [0.25, 0.3) is 0 Å². The number of Topliss-reactive ketones (excluding diaryl/α,β-unsaturated/α-hetero) is 3. The Morgan fingerprint density at radius 3 is 1.38 bits per heavy atom. The summed E-state index contributed by atoms with van der Waals surface area (Å²) in [5.74, 6) is -3.54. The van der Waals surface area contributed by atoms with E-state index in [2.05, 4.69) is 20.4 Å². The van der Waals surface area contributed by atoms with Gasteiger partial charge >= 0.3 is 5.97 Å². The predicted octanol–water partition coefficient (Wildman–Crippen LogP) is 15.9. The highest BCUT2D eigenvalue weighted by molar-refractivity contribution is 6.32. The number of nitrogens with zero attached hydrogens (tertiary/aromatic N) is 2. The summed E-state index contributed by atoms with van der Waals surface area (Å²) in [6, 6.07) is 19.3. The van der Waals surface area contributed by atoms with Crippen molar-refractivity contribution in [2.45, 2.75) is 214 Å². The molecule has 8 saturated carbocycles. The fourth-order valence-electron chi connectivity index (χ4n) is 20.8. The lowest BCUT2D eigenvalue weighted by molar-refractivity contribution is -0.159. The van der Waals surface area contributed by atoms with Crippen LogP contribution in [-0.4, -0.2) is 86.8 Å². The van der Waals surface area contributed by atoms with E-state index in [9.17, 15) is 29.1 Å². The van der Waals surface area contributed by atoms with Crippen LogP contribution in [0.15, 0.2) is 72.8 Å². The third-order valence-corrected chi connectivity index (χ3v) is 26.2. The molecule has 2 saturated heterocycles. The van der Waals surface area contributed by atoms with Crippen LogP contribution >= 0.6 is 46.4 Å². The zero-order valence-corrected chi connectivity index (χ0v) is 53.0. The Hall–Kier alpha value is -4.76. The molecule has 17 heteroatoms. The summed E-state index contributed by atoms with van der Waals surface area (Å²) in [5.41, 5.74) is -1.75. The lowest BCUT2D eigenvalue weighted by Gasteiger charge is -2.52. The number of likely N-dealkylation sites (tertiary alicyclic amines) is 2. The molecule has 11 nitrogen and oxygen atoms in total. The molecule has 16 rings (SSSR count). The first-order valence-corrected chi connectivity index (χ1v) is 33.5. The molecule has 462 valence electrons. The zero-order valence-electron chi connectivity index (χ0n) is 50.0. The molecule has 4 heterocycles. The normalized spacial score (nSPS) is 34.2. The number of anilines is 2. The summed E-state index contributed by atoms with van der Waals surface area (Å²) in [6.45, 7) is 4.28. The van der Waals surface area contributed by atoms with Crippen LogP contribution in [0.1, 0.15) is 202 Å². The Kier molecular flexibility index (Phi) is 15.4. The fraction of sp³-hybridized carbons (Fsp3) is 0.571. The van der Waals surface area contributed by atoms with Crippen LogP contribution in [0.3, 0.4) is 0 Å². The van der Waals surface area contributed by atoms with Gasteiger partial charge < -0.3 is 15.7 Å². The third kappa shape index (κ3) is 8.77. The first-order chi connectivity index (χ1) is 41.5. The molecule has 4 aromatic carbocycles. The second-order valence-corrected chi connectivity index (χ2v) is 30.0. The fourth-order valence-corrected chi connectivity index (χ4v) is 21.5. The van der Waals surface area contributed by atoms with Crippen LogP contribution in [-0.2, 0) is 39.6 Å². The number of hydrogen-bond acceptors (Lipinski definition) is 8. The van der Waals surface area contributed by atoms with E-state index < -0.39 is 68.8 Å². The van der Waals surface area contributed by atoms with Crippen molar-refractivity contribution < 1.29 is 42.7 Å². The molecule has 0 aromatic heterocycles. The van der Waals surface area contributed by atoms with Gasteiger partial charge in [0.05, 0.1) is 27.5 Å². The number of nitrogens with one attached hydrogen (secondary N) is 2. The Labute approximate surface area is 528 Å². The Balaban J connectivity index is 0.000000161. The summed E-state index contributed by atoms with van der Waals surface area (Å²) < 4.78 is 32.6. The minimum Gasteiger partial charge on any atom is -0.481 e. The highest BCUT2D eigenvalue weighted by Gasteiger charge is 2.77. The van der Waals surface area contributed by atoms with Crippen molar-refractivity contribution in [3.05, 3.63) is 127 Å². The molecule has 12 aliphatic rings. The van der Waals surface area contributed by atoms with E-state index in [0.29, 0.717) is 103 Å². The van der Waals surface area contributed by atoms with Crippen LogP contribution in [0, 0.1) is 33.3 Å². The first-order valence-electron chi connectivity index (χ1n) is 32.0. The number of amides is 2. The average molecular weight is 1270 g/mol. The lowest BCUT2D eigenvalue weighted by Crippen LogP contribution is -2.61. The number of carboxylic acids is 1. The number of fused-ring (bicyclic) bond motifs is 12. The van der Waals surface area contributed by atoms with Crippen molar-refractivity contribution in [1.82, 2.24) is 9.80 Å². The number of carbonyl (C=O) groups is 6. The molecule has 8 aliphatic carbocycles. The highest BCUT2D eigenvalue weighted by atomic mass is 35.5. The van der Waals surface area contributed by atoms with Crippen LogP contribution < -0.4 is 10.6 Å². The molecule has 0 unspecified atom stereocenters. The molecule has 4 bridgehead atoms. The maximum absolute atomic E-state index is 16.3. The molecular formula is C70H78Cl4F2N4O7. The van der Waals surface area contributed by atoms with E-state index >= 15 is 13.6 Å². The van der Waals surface area contributed by atoms with Gasteiger partial charge in [0.1, 0.15) is 28.2 Å². The molecule has 10 fully saturated rings. The van der Waals surface area contributed by atoms with Crippen molar-refractivity contribution in [3.63, 3.8) is 0 Å². The monoisotopic (exact) mass is 1260 g/mol. The van der Waals surface area contributed by atoms with Crippen molar-refractivity contribution in [2.24, 2.45) is 21.7 Å². The number of likely N-dealkylation sites (N-methyl/N-ethyl adjacent to an activating group) is 2. The van der Waals surface area contributed by atoms with Crippen LogP contribution in [0.2, 0.25) is 20.1 Å². The molecule has 4 aliphatic heterocycles. The second-order valence-electron chi connectivity index (χ2n) is 28.3. The lowest BCUT2D eigenvalue weighted by atomic mass is 9.51. The molecule has 6 atom stereocenters. The van der Waals surface area contributed by atoms with Gasteiger partial charge in [0.2, 0.25) is 11.8 Å². The van der Waals surface area contributed by atoms with E-state index in [1.54, 1.807) is 55.5 Å². The van der Waals surface area contributed by atoms with Gasteiger partial charge in [-0.05, 0) is 193 Å². The van der Waals surface area contributed by atoms with Crippen molar-refractivity contribution >= 4 is 92.9 Å². The van der Waals surface area contributed by atoms with E-state index in [1.807, 2.05) is 26.1 Å². The summed E-state index contributed by atoms with van der Waals surface area (Å²) >= 11 is 25.7. The van der Waals surface area contributed by atoms with Gasteiger partial charge in [0, 0.05) is 62.6 Å². The van der Waals surface area contributed by atoms with E-state index in [4.69, 9.17) is 46.4 Å². The number of carboxylic acid groups (broad SMARTS) is 1. The number of rotatable bonds is 11. The van der Waals surface area contributed by atoms with E-state index in [-0.39, 0.29) is 55.5 Å². The highest BCUT2D eigenvalue weighted by Crippen LogP contribution is 2.70. The topological polar surface area (TPSA) is 153 Å². The average Bonchev–Trinajstić information content (AvgIpc) is 1.52. The molecule has 4 spiro atoms. The van der Waals surface area contributed by atoms with Crippen molar-refractivity contribution in [2.75, 3.05) is 24.2 Å². The number of benzene rings is 4. The molecular weight excluding hydrogens is 1190 g/mol. The molecule has 0 radical (unpaired) electrons. The number of halogens is 6. The molecule has 87 heavy (non-hydrogen) atoms. The summed E-state index contributed by atoms with van der Waals surface area (Å²) in [7, 11) is 1.99. The van der Waals surface area contributed by atoms with Gasteiger partial charge in [-0.25, -0.2) is 8.78 Å². The summed E-state index contributed by atoms with van der Waals surface area (Å²) in [4.78, 5) is 88.4. The Morgan fingerprint density at radius 1 is 0.552 bits per heavy atom. The van der Waals surface area contributed by atoms with Crippen LogP contribution in [0.4, 0.5) is 20.2 Å². The standard InChI is InChI=1S/C35H39Cl2FN2O4.C35H39Cl2FN2O3/c1-2-40-29(26(41)20-32-13-16-33(17-14-32,18-15-32)31(43)44)27(22-7-6-8-24(37)28(22)38)35(34(40)11-4-3-5-12-34)23-10-9-21(36)19-25(23)39-30(35)42;1-21(41)33-16-13-32(14-17-33,15-18-33)20-27(42)30-28(23-7-6-8-25(37)29(23)38)35(34(40(30)2)11-4-3-5-12-34)24-10-9-22(36)19-26(24)39-31(35)43/h6-10,19,27,29H,2-5,11-18,20H2,1H3,(H,39,42)(H,43,44);6-10,19,28,30H,3-5,11-18,20H2,1-2H3,(H,39,43)/t27-,29-,32?,33?,35+;28-,30-,32?,33?,35+/m00/s1. The van der Waals surface area contributed by atoms with E-state index in [0.717, 1.165) is 101 Å². The number of ketones is 3. The molecule has 4 aromatic rings. The van der Waals surface area contributed by atoms with Crippen molar-refractivity contribution in [3.8, 4) is 0 Å². The molecule has 2 amide bonds. The Bertz CT molecular complexity index is 3500. The minimum absolute atomic E-state index is 0.0120. The van der Waals surface area contributed by atoms with E-state index in [1.165, 1.54) is 12.1 Å². The van der Waals surface area contributed by atoms with Gasteiger partial charge in [-0.1, -0.05) is 128 Å². The Morgan fingerprint density at radius 2 is 0.954 bits per heavy atom. The smallest absolute Gasteiger partial charge is 0.309 e. The van der Waals surface area contributed by atoms with Gasteiger partial charge in [-0.2, -0.15) is 0 Å². The maximum atomic E-state index is 16.3.